The smallest absolute Gasteiger partial charge is 0.231 e. The van der Waals surface area contributed by atoms with Gasteiger partial charge in [0.15, 0.2) is 11.5 Å². The summed E-state index contributed by atoms with van der Waals surface area (Å²) < 4.78 is 10.7. The zero-order valence-electron chi connectivity index (χ0n) is 11.9. The van der Waals surface area contributed by atoms with Gasteiger partial charge in [-0.2, -0.15) is 0 Å². The number of hydrogen-bond acceptors (Lipinski definition) is 3. The van der Waals surface area contributed by atoms with Gasteiger partial charge >= 0.3 is 0 Å². The third kappa shape index (κ3) is 4.75. The van der Waals surface area contributed by atoms with Crippen LogP contribution in [0.2, 0.25) is 0 Å². The predicted molar refractivity (Wildman–Crippen MR) is 77.6 cm³/mol. The normalized spacial score (nSPS) is 12.9. The van der Waals surface area contributed by atoms with Gasteiger partial charge in [0.25, 0.3) is 0 Å². The molecule has 0 fully saturated rings. The van der Waals surface area contributed by atoms with Crippen LogP contribution in [0.25, 0.3) is 0 Å². The Morgan fingerprint density at radius 3 is 2.68 bits per heavy atom. The Kier molecular flexibility index (Phi) is 6.02. The summed E-state index contributed by atoms with van der Waals surface area (Å²) in [7, 11) is 0. The number of hydrogen-bond donors (Lipinski definition) is 1. The quantitative estimate of drug-likeness (QED) is 0.686. The van der Waals surface area contributed by atoms with Gasteiger partial charge in [-0.15, -0.1) is 0 Å². The van der Waals surface area contributed by atoms with Gasteiger partial charge in [0.05, 0.1) is 0 Å². The van der Waals surface area contributed by atoms with Crippen LogP contribution in [-0.4, -0.2) is 13.3 Å². The van der Waals surface area contributed by atoms with Gasteiger partial charge in [0.1, 0.15) is 0 Å². The van der Waals surface area contributed by atoms with E-state index in [0.29, 0.717) is 6.79 Å². The summed E-state index contributed by atoms with van der Waals surface area (Å²) >= 11 is 0. The molecular weight excluding hydrogens is 238 g/mol. The van der Waals surface area contributed by atoms with Gasteiger partial charge in [-0.3, -0.25) is 0 Å². The minimum absolute atomic E-state index is 0.351. The lowest BCUT2D eigenvalue weighted by molar-refractivity contribution is 0.174. The predicted octanol–water partition coefficient (Wildman–Crippen LogP) is 3.87. The molecule has 1 N–H and O–H groups in total. The highest BCUT2D eigenvalue weighted by atomic mass is 16.7. The van der Waals surface area contributed by atoms with Crippen LogP contribution in [0.15, 0.2) is 18.2 Å². The number of unbranched alkanes of at least 4 members (excludes halogenated alkanes) is 5. The van der Waals surface area contributed by atoms with Crippen LogP contribution in [0.1, 0.15) is 51.0 Å². The van der Waals surface area contributed by atoms with Gasteiger partial charge in [0, 0.05) is 6.54 Å². The van der Waals surface area contributed by atoms with Crippen molar-refractivity contribution in [3.05, 3.63) is 23.8 Å². The molecule has 0 saturated carbocycles. The van der Waals surface area contributed by atoms with Crippen LogP contribution >= 0.6 is 0 Å². The lowest BCUT2D eigenvalue weighted by Crippen LogP contribution is -2.14. The Labute approximate surface area is 116 Å². The topological polar surface area (TPSA) is 30.5 Å². The number of fused-ring (bicyclic) bond motifs is 1. The fourth-order valence-corrected chi connectivity index (χ4v) is 2.31. The number of ether oxygens (including phenoxy) is 2. The summed E-state index contributed by atoms with van der Waals surface area (Å²) in [6, 6.07) is 6.16. The van der Waals surface area contributed by atoms with E-state index in [1.54, 1.807) is 0 Å². The van der Waals surface area contributed by atoms with E-state index >= 15 is 0 Å². The second kappa shape index (κ2) is 8.05. The highest BCUT2D eigenvalue weighted by Gasteiger charge is 2.12. The molecule has 0 spiro atoms. The summed E-state index contributed by atoms with van der Waals surface area (Å²) in [5, 5.41) is 3.49. The molecule has 0 unspecified atom stereocenters. The van der Waals surface area contributed by atoms with Crippen molar-refractivity contribution in [2.75, 3.05) is 13.3 Å². The van der Waals surface area contributed by atoms with E-state index in [9.17, 15) is 0 Å². The summed E-state index contributed by atoms with van der Waals surface area (Å²) in [4.78, 5) is 0. The monoisotopic (exact) mass is 263 g/mol. The molecule has 0 aliphatic carbocycles. The molecule has 1 aliphatic rings. The van der Waals surface area contributed by atoms with Crippen molar-refractivity contribution < 1.29 is 9.47 Å². The second-order valence-electron chi connectivity index (χ2n) is 5.13. The summed E-state index contributed by atoms with van der Waals surface area (Å²) in [6.07, 6.45) is 8.08. The van der Waals surface area contributed by atoms with Crippen LogP contribution in [0.3, 0.4) is 0 Å². The van der Waals surface area contributed by atoms with Gasteiger partial charge < -0.3 is 14.8 Å². The molecule has 3 nitrogen and oxygen atoms in total. The van der Waals surface area contributed by atoms with E-state index in [0.717, 1.165) is 24.6 Å². The van der Waals surface area contributed by atoms with Gasteiger partial charge in [0.2, 0.25) is 6.79 Å². The summed E-state index contributed by atoms with van der Waals surface area (Å²) in [5.74, 6) is 1.73. The second-order valence-corrected chi connectivity index (χ2v) is 5.13. The van der Waals surface area contributed by atoms with Crippen molar-refractivity contribution >= 4 is 0 Å². The fraction of sp³-hybridized carbons (Fsp3) is 0.625. The molecule has 1 aromatic rings. The number of benzene rings is 1. The van der Waals surface area contributed by atoms with Gasteiger partial charge in [-0.1, -0.05) is 45.1 Å². The van der Waals surface area contributed by atoms with Crippen LogP contribution < -0.4 is 14.8 Å². The van der Waals surface area contributed by atoms with E-state index in [1.807, 2.05) is 6.07 Å². The number of nitrogens with one attached hydrogen (secondary N) is 1. The molecule has 0 radical (unpaired) electrons. The molecule has 0 aromatic heterocycles. The molecule has 0 amide bonds. The standard InChI is InChI=1S/C16H25NO2/c1-2-3-4-5-6-7-10-17-12-14-8-9-15-16(11-14)19-13-18-15/h8-9,11,17H,2-7,10,12-13H2,1H3. The molecule has 1 aromatic carbocycles. The van der Waals surface area contributed by atoms with Crippen LogP contribution in [0.4, 0.5) is 0 Å². The van der Waals surface area contributed by atoms with Crippen molar-refractivity contribution in [1.82, 2.24) is 5.32 Å². The zero-order valence-corrected chi connectivity index (χ0v) is 11.9. The van der Waals surface area contributed by atoms with E-state index in [-0.39, 0.29) is 0 Å². The van der Waals surface area contributed by atoms with Crippen molar-refractivity contribution in [1.29, 1.82) is 0 Å². The minimum Gasteiger partial charge on any atom is -0.454 e. The Hall–Kier alpha value is -1.22. The van der Waals surface area contributed by atoms with Crippen molar-refractivity contribution in [2.45, 2.75) is 52.0 Å². The van der Waals surface area contributed by atoms with Crippen LogP contribution in [0.5, 0.6) is 11.5 Å². The fourth-order valence-electron chi connectivity index (χ4n) is 2.31. The molecule has 1 aliphatic heterocycles. The Morgan fingerprint density at radius 1 is 1.00 bits per heavy atom. The SMILES string of the molecule is CCCCCCCCNCc1ccc2c(c1)OCO2. The molecular formula is C16H25NO2. The lowest BCUT2D eigenvalue weighted by atomic mass is 10.1. The van der Waals surface area contributed by atoms with Crippen molar-refractivity contribution in [3.63, 3.8) is 0 Å². The van der Waals surface area contributed by atoms with Crippen LogP contribution in [0, 0.1) is 0 Å². The van der Waals surface area contributed by atoms with Gasteiger partial charge in [-0.25, -0.2) is 0 Å². The van der Waals surface area contributed by atoms with E-state index in [2.05, 4.69) is 24.4 Å². The summed E-state index contributed by atoms with van der Waals surface area (Å²) in [5.41, 5.74) is 1.26. The van der Waals surface area contributed by atoms with Gasteiger partial charge in [-0.05, 0) is 30.7 Å². The van der Waals surface area contributed by atoms with E-state index in [4.69, 9.17) is 9.47 Å². The molecule has 0 atom stereocenters. The molecule has 19 heavy (non-hydrogen) atoms. The first-order valence-corrected chi connectivity index (χ1v) is 7.49. The first kappa shape index (κ1) is 14.2. The van der Waals surface area contributed by atoms with Crippen molar-refractivity contribution in [2.24, 2.45) is 0 Å². The molecule has 0 bridgehead atoms. The van der Waals surface area contributed by atoms with Crippen molar-refractivity contribution in [3.8, 4) is 11.5 Å². The minimum atomic E-state index is 0.351. The number of rotatable bonds is 9. The highest BCUT2D eigenvalue weighted by Crippen LogP contribution is 2.32. The zero-order chi connectivity index (χ0) is 13.3. The third-order valence-corrected chi connectivity index (χ3v) is 3.47. The maximum absolute atomic E-state index is 5.37. The maximum Gasteiger partial charge on any atom is 0.231 e. The average molecular weight is 263 g/mol. The first-order chi connectivity index (χ1) is 9.40. The molecule has 2 rings (SSSR count). The average Bonchev–Trinajstić information content (AvgIpc) is 2.89. The Morgan fingerprint density at radius 2 is 1.79 bits per heavy atom. The van der Waals surface area contributed by atoms with E-state index < -0.39 is 0 Å². The Bertz CT molecular complexity index is 379. The molecule has 3 heteroatoms. The largest absolute Gasteiger partial charge is 0.454 e. The molecule has 106 valence electrons. The lowest BCUT2D eigenvalue weighted by Gasteiger charge is -2.06. The molecule has 1 heterocycles. The maximum atomic E-state index is 5.37. The van der Waals surface area contributed by atoms with Crippen LogP contribution in [-0.2, 0) is 6.54 Å². The third-order valence-electron chi connectivity index (χ3n) is 3.47. The Balaban J connectivity index is 1.56. The summed E-state index contributed by atoms with van der Waals surface area (Å²) in [6.45, 7) is 4.61. The first-order valence-electron chi connectivity index (χ1n) is 7.49. The van der Waals surface area contributed by atoms with E-state index in [1.165, 1.54) is 44.1 Å². The molecule has 0 saturated heterocycles. The highest BCUT2D eigenvalue weighted by molar-refractivity contribution is 5.44.